The summed E-state index contributed by atoms with van der Waals surface area (Å²) >= 11 is 0. The van der Waals surface area contributed by atoms with Crippen LogP contribution in [0.5, 0.6) is 0 Å². The number of nitrogens with zero attached hydrogens (tertiary/aromatic N) is 3. The summed E-state index contributed by atoms with van der Waals surface area (Å²) in [5.41, 5.74) is 3.28. The summed E-state index contributed by atoms with van der Waals surface area (Å²) in [5.74, 6) is 1.69. The molecule has 0 amide bonds. The van der Waals surface area contributed by atoms with E-state index in [0.717, 1.165) is 29.3 Å². The molecule has 3 heteroatoms. The van der Waals surface area contributed by atoms with Crippen molar-refractivity contribution in [2.75, 3.05) is 0 Å². The predicted octanol–water partition coefficient (Wildman–Crippen LogP) is 4.53. The molecule has 0 radical (unpaired) electrons. The fourth-order valence-corrected chi connectivity index (χ4v) is 2.72. The quantitative estimate of drug-likeness (QED) is 0.554. The van der Waals surface area contributed by atoms with Gasteiger partial charge in [0, 0.05) is 12.0 Å². The Bertz CT molecular complexity index is 913. The smallest absolute Gasteiger partial charge is 0.181 e. The highest BCUT2D eigenvalue weighted by atomic mass is 15.3. The van der Waals surface area contributed by atoms with Gasteiger partial charge in [0.1, 0.15) is 5.82 Å². The lowest BCUT2D eigenvalue weighted by Gasteiger charge is -2.05. The third kappa shape index (κ3) is 2.97. The summed E-state index contributed by atoms with van der Waals surface area (Å²) < 4.78 is 1.94. The zero-order chi connectivity index (χ0) is 16.2. The minimum absolute atomic E-state index is 0.746. The highest BCUT2D eigenvalue weighted by molar-refractivity contribution is 5.55. The Morgan fingerprint density at radius 2 is 1.25 bits per heavy atom. The molecule has 0 N–H and O–H groups in total. The maximum atomic E-state index is 4.80. The fraction of sp³-hybridized carbons (Fsp3) is 0.0476. The van der Waals surface area contributed by atoms with E-state index < -0.39 is 0 Å². The zero-order valence-electron chi connectivity index (χ0n) is 13.2. The van der Waals surface area contributed by atoms with Crippen molar-refractivity contribution in [3.63, 3.8) is 0 Å². The van der Waals surface area contributed by atoms with Crippen LogP contribution >= 0.6 is 0 Å². The molecule has 3 nitrogen and oxygen atoms in total. The lowest BCUT2D eigenvalue weighted by molar-refractivity contribution is 0.814. The predicted molar refractivity (Wildman–Crippen MR) is 96.0 cm³/mol. The minimum Gasteiger partial charge on any atom is -0.217 e. The van der Waals surface area contributed by atoms with E-state index in [9.17, 15) is 0 Å². The van der Waals surface area contributed by atoms with Crippen molar-refractivity contribution in [2.24, 2.45) is 0 Å². The second-order valence-corrected chi connectivity index (χ2v) is 5.63. The van der Waals surface area contributed by atoms with E-state index in [4.69, 9.17) is 10.1 Å². The maximum absolute atomic E-state index is 4.80. The van der Waals surface area contributed by atoms with Crippen LogP contribution in [0.1, 0.15) is 11.4 Å². The zero-order valence-corrected chi connectivity index (χ0v) is 13.2. The molecule has 0 fully saturated rings. The van der Waals surface area contributed by atoms with Crippen LogP contribution in [0.15, 0.2) is 91.0 Å². The molecule has 116 valence electrons. The first-order valence-electron chi connectivity index (χ1n) is 8.01. The molecule has 1 heterocycles. The summed E-state index contributed by atoms with van der Waals surface area (Å²) in [6, 6.07) is 30.6. The minimum atomic E-state index is 0.746. The highest BCUT2D eigenvalue weighted by Crippen LogP contribution is 2.20. The normalized spacial score (nSPS) is 10.7. The molecule has 4 aromatic rings. The molecule has 4 rings (SSSR count). The van der Waals surface area contributed by atoms with Crippen LogP contribution in [0, 0.1) is 0 Å². The van der Waals surface area contributed by atoms with Crippen LogP contribution in [0.2, 0.25) is 0 Å². The van der Waals surface area contributed by atoms with Crippen LogP contribution in [0.4, 0.5) is 0 Å². The lowest BCUT2D eigenvalue weighted by atomic mass is 10.1. The Balaban J connectivity index is 1.80. The van der Waals surface area contributed by atoms with Crippen molar-refractivity contribution < 1.29 is 0 Å². The summed E-state index contributed by atoms with van der Waals surface area (Å²) in [6.07, 6.45) is 0.746. The van der Waals surface area contributed by atoms with E-state index in [-0.39, 0.29) is 0 Å². The SMILES string of the molecule is c1ccc(Cc2nc(-c3ccccc3)nn2-c2ccccc2)cc1. The summed E-state index contributed by atoms with van der Waals surface area (Å²) in [5, 5.41) is 4.75. The first-order chi connectivity index (χ1) is 11.9. The molecule has 0 saturated carbocycles. The van der Waals surface area contributed by atoms with Gasteiger partial charge in [-0.3, -0.25) is 0 Å². The monoisotopic (exact) mass is 311 g/mol. The van der Waals surface area contributed by atoms with E-state index in [0.29, 0.717) is 0 Å². The van der Waals surface area contributed by atoms with Crippen LogP contribution in [-0.4, -0.2) is 14.8 Å². The highest BCUT2D eigenvalue weighted by Gasteiger charge is 2.13. The van der Waals surface area contributed by atoms with Gasteiger partial charge in [-0.05, 0) is 17.7 Å². The lowest BCUT2D eigenvalue weighted by Crippen LogP contribution is -2.03. The van der Waals surface area contributed by atoms with Gasteiger partial charge in [-0.15, -0.1) is 5.10 Å². The third-order valence-corrected chi connectivity index (χ3v) is 3.91. The van der Waals surface area contributed by atoms with Crippen molar-refractivity contribution in [2.45, 2.75) is 6.42 Å². The first-order valence-corrected chi connectivity index (χ1v) is 8.01. The third-order valence-electron chi connectivity index (χ3n) is 3.91. The fourth-order valence-electron chi connectivity index (χ4n) is 2.72. The van der Waals surface area contributed by atoms with E-state index in [2.05, 4.69) is 36.4 Å². The second kappa shape index (κ2) is 6.50. The van der Waals surface area contributed by atoms with Gasteiger partial charge in [-0.2, -0.15) is 0 Å². The average Bonchev–Trinajstić information content (AvgIpc) is 3.08. The van der Waals surface area contributed by atoms with Gasteiger partial charge >= 0.3 is 0 Å². The molecule has 0 atom stereocenters. The molecule has 0 unspecified atom stereocenters. The van der Waals surface area contributed by atoms with Gasteiger partial charge in [0.05, 0.1) is 5.69 Å². The van der Waals surface area contributed by atoms with Gasteiger partial charge in [0.25, 0.3) is 0 Å². The van der Waals surface area contributed by atoms with Gasteiger partial charge in [-0.1, -0.05) is 78.9 Å². The van der Waals surface area contributed by atoms with Gasteiger partial charge in [-0.25, -0.2) is 9.67 Å². The maximum Gasteiger partial charge on any atom is 0.181 e. The average molecular weight is 311 g/mol. The summed E-state index contributed by atoms with van der Waals surface area (Å²) in [7, 11) is 0. The van der Waals surface area contributed by atoms with Crippen LogP contribution in [0.25, 0.3) is 17.1 Å². The molecule has 24 heavy (non-hydrogen) atoms. The molecule has 3 aromatic carbocycles. The van der Waals surface area contributed by atoms with Crippen molar-refractivity contribution in [1.82, 2.24) is 14.8 Å². The van der Waals surface area contributed by atoms with Crippen LogP contribution < -0.4 is 0 Å². The Kier molecular flexibility index (Phi) is 3.90. The standard InChI is InChI=1S/C21H17N3/c1-4-10-17(11-5-1)16-20-22-21(18-12-6-2-7-13-18)23-24(20)19-14-8-3-9-15-19/h1-15H,16H2. The molecule has 1 aromatic heterocycles. The number of hydrogen-bond acceptors (Lipinski definition) is 2. The molecule has 0 aliphatic rings. The van der Waals surface area contributed by atoms with Gasteiger partial charge in [0.2, 0.25) is 0 Å². The number of hydrogen-bond donors (Lipinski definition) is 0. The molecule has 0 aliphatic heterocycles. The van der Waals surface area contributed by atoms with Crippen LogP contribution in [0.3, 0.4) is 0 Å². The van der Waals surface area contributed by atoms with Crippen molar-refractivity contribution in [3.05, 3.63) is 102 Å². The van der Waals surface area contributed by atoms with E-state index in [1.165, 1.54) is 5.56 Å². The number of rotatable bonds is 4. The topological polar surface area (TPSA) is 30.7 Å². The largest absolute Gasteiger partial charge is 0.217 e. The van der Waals surface area contributed by atoms with Crippen molar-refractivity contribution in [1.29, 1.82) is 0 Å². The molecule has 0 spiro atoms. The summed E-state index contributed by atoms with van der Waals surface area (Å²) in [4.78, 5) is 4.80. The molecule has 0 saturated heterocycles. The van der Waals surface area contributed by atoms with E-state index in [1.807, 2.05) is 59.3 Å². The van der Waals surface area contributed by atoms with Crippen LogP contribution in [-0.2, 0) is 6.42 Å². The Morgan fingerprint density at radius 3 is 1.92 bits per heavy atom. The number of para-hydroxylation sites is 1. The second-order valence-electron chi connectivity index (χ2n) is 5.63. The Morgan fingerprint density at radius 1 is 0.667 bits per heavy atom. The van der Waals surface area contributed by atoms with Gasteiger partial charge < -0.3 is 0 Å². The van der Waals surface area contributed by atoms with Crippen molar-refractivity contribution in [3.8, 4) is 17.1 Å². The Hall–Kier alpha value is -3.20. The molecular weight excluding hydrogens is 294 g/mol. The molecule has 0 aliphatic carbocycles. The van der Waals surface area contributed by atoms with Crippen molar-refractivity contribution >= 4 is 0 Å². The Labute approximate surface area is 141 Å². The van der Waals surface area contributed by atoms with Gasteiger partial charge in [0.15, 0.2) is 5.82 Å². The summed E-state index contributed by atoms with van der Waals surface area (Å²) in [6.45, 7) is 0. The number of benzene rings is 3. The molecular formula is C21H17N3. The van der Waals surface area contributed by atoms with E-state index >= 15 is 0 Å². The number of aromatic nitrogens is 3. The first kappa shape index (κ1) is 14.4. The molecule has 0 bridgehead atoms. The van der Waals surface area contributed by atoms with E-state index in [1.54, 1.807) is 0 Å².